The molecule has 8 nitrogen and oxygen atoms in total. The molecule has 4 rings (SSSR count). The van der Waals surface area contributed by atoms with Crippen molar-refractivity contribution in [3.05, 3.63) is 66.0 Å². The molecule has 5 N–H and O–H groups in total. The van der Waals surface area contributed by atoms with Crippen molar-refractivity contribution < 1.29 is 0 Å². The molecule has 0 spiro atoms. The van der Waals surface area contributed by atoms with Crippen molar-refractivity contribution >= 4 is 22.8 Å². The minimum absolute atomic E-state index is 0.543. The number of likely N-dealkylation sites (N-methyl/N-ethyl adjacent to an activating group) is 1. The molecular weight excluding hydrogens is 376 g/mol. The van der Waals surface area contributed by atoms with E-state index < -0.39 is 5.79 Å². The molecule has 3 aromatic rings. The number of nitrogens with two attached hydrogens (primary N) is 1. The van der Waals surface area contributed by atoms with E-state index in [4.69, 9.17) is 5.73 Å². The van der Waals surface area contributed by atoms with E-state index in [2.05, 4.69) is 35.5 Å². The van der Waals surface area contributed by atoms with E-state index in [-0.39, 0.29) is 0 Å². The molecule has 1 aliphatic heterocycles. The number of H-pyrrole nitrogens is 1. The van der Waals surface area contributed by atoms with Crippen LogP contribution < -0.4 is 16.4 Å². The van der Waals surface area contributed by atoms with Crippen LogP contribution in [-0.4, -0.2) is 59.6 Å². The fourth-order valence-corrected chi connectivity index (χ4v) is 3.34. The molecule has 0 fully saturated rings. The lowest BCUT2D eigenvalue weighted by Gasteiger charge is -2.32. The molecule has 2 heterocycles. The van der Waals surface area contributed by atoms with Gasteiger partial charge in [-0.25, -0.2) is 9.98 Å². The Morgan fingerprint density at radius 2 is 1.83 bits per heavy atom. The molecule has 8 heteroatoms. The normalized spacial score (nSPS) is 18.8. The molecule has 1 atom stereocenters. The second-order valence-electron chi connectivity index (χ2n) is 7.74. The van der Waals surface area contributed by atoms with Gasteiger partial charge in [0, 0.05) is 31.5 Å². The number of aliphatic imine (C=N–C) groups is 2. The summed E-state index contributed by atoms with van der Waals surface area (Å²) in [6.07, 6.45) is 1.23. The number of hydrogen-bond acceptors (Lipinski definition) is 7. The largest absolute Gasteiger partial charge is 0.353 e. The van der Waals surface area contributed by atoms with Gasteiger partial charge in [0.25, 0.3) is 0 Å². The predicted octanol–water partition coefficient (Wildman–Crippen LogP) is 1.67. The molecular formula is C22H28N8. The van der Waals surface area contributed by atoms with Crippen LogP contribution >= 0.6 is 0 Å². The first-order valence-corrected chi connectivity index (χ1v) is 10.1. The summed E-state index contributed by atoms with van der Waals surface area (Å²) in [4.78, 5) is 19.5. The highest BCUT2D eigenvalue weighted by Gasteiger charge is 2.30. The van der Waals surface area contributed by atoms with E-state index in [9.17, 15) is 0 Å². The highest BCUT2D eigenvalue weighted by molar-refractivity contribution is 6.07. The van der Waals surface area contributed by atoms with Crippen LogP contribution in [0.4, 0.5) is 0 Å². The Bertz CT molecular complexity index is 1020. The molecule has 2 aromatic carbocycles. The number of aromatic nitrogens is 2. The number of para-hydroxylation sites is 2. The minimum atomic E-state index is -0.980. The van der Waals surface area contributed by atoms with Gasteiger partial charge in [-0.2, -0.15) is 4.99 Å². The SMILES string of the molecule is CN(C)CCNC1=NC(N)(CCc2nc3ccccc3[nH]2)NC(c2ccccc2)=N1. The predicted molar refractivity (Wildman–Crippen MR) is 121 cm³/mol. The Hall–Kier alpha value is -3.23. The fraction of sp³-hybridized carbons (Fsp3) is 0.318. The zero-order chi connectivity index (χ0) is 21.0. The van der Waals surface area contributed by atoms with Crippen LogP contribution in [0.5, 0.6) is 0 Å². The third-order valence-corrected chi connectivity index (χ3v) is 4.93. The van der Waals surface area contributed by atoms with E-state index in [1.54, 1.807) is 0 Å². The number of rotatable bonds is 7. The Balaban J connectivity index is 1.53. The number of amidine groups is 1. The average Bonchev–Trinajstić information content (AvgIpc) is 3.16. The number of hydrogen-bond donors (Lipinski definition) is 4. The van der Waals surface area contributed by atoms with Gasteiger partial charge in [0.05, 0.1) is 11.0 Å². The van der Waals surface area contributed by atoms with Crippen molar-refractivity contribution in [3.63, 3.8) is 0 Å². The lowest BCUT2D eigenvalue weighted by Crippen LogP contribution is -2.58. The molecule has 0 saturated carbocycles. The van der Waals surface area contributed by atoms with E-state index >= 15 is 0 Å². The number of aromatic amines is 1. The van der Waals surface area contributed by atoms with Crippen molar-refractivity contribution in [1.29, 1.82) is 0 Å². The standard InChI is InChI=1S/C22H28N8/c1-30(2)15-14-24-21-27-20(16-8-4-3-5-9-16)28-22(23,29-21)13-12-19-25-17-10-6-7-11-18(17)26-19/h3-11H,12-15,23H2,1-2H3,(H,25,26)(H2,24,27,28,29). The van der Waals surface area contributed by atoms with Crippen molar-refractivity contribution in [1.82, 2.24) is 25.5 Å². The van der Waals surface area contributed by atoms with Crippen LogP contribution in [0.2, 0.25) is 0 Å². The Labute approximate surface area is 176 Å². The number of guanidine groups is 1. The van der Waals surface area contributed by atoms with E-state index in [1.165, 1.54) is 0 Å². The van der Waals surface area contributed by atoms with Crippen LogP contribution in [0.3, 0.4) is 0 Å². The fourth-order valence-electron chi connectivity index (χ4n) is 3.34. The molecule has 1 aliphatic rings. The molecule has 156 valence electrons. The number of aryl methyl sites for hydroxylation is 1. The van der Waals surface area contributed by atoms with Gasteiger partial charge in [0.2, 0.25) is 5.96 Å². The number of imidazole rings is 1. The molecule has 30 heavy (non-hydrogen) atoms. The molecule has 0 amide bonds. The summed E-state index contributed by atoms with van der Waals surface area (Å²) in [5.74, 6) is 1.17. The van der Waals surface area contributed by atoms with Crippen LogP contribution in [0.15, 0.2) is 64.6 Å². The molecule has 1 unspecified atom stereocenters. The van der Waals surface area contributed by atoms with Gasteiger partial charge in [-0.1, -0.05) is 42.5 Å². The van der Waals surface area contributed by atoms with E-state index in [0.29, 0.717) is 24.6 Å². The summed E-state index contributed by atoms with van der Waals surface area (Å²) >= 11 is 0. The summed E-state index contributed by atoms with van der Waals surface area (Å²) in [7, 11) is 4.07. The number of fused-ring (bicyclic) bond motifs is 1. The lowest BCUT2D eigenvalue weighted by atomic mass is 10.1. The van der Waals surface area contributed by atoms with Gasteiger partial charge in [0.15, 0.2) is 5.79 Å². The molecule has 0 radical (unpaired) electrons. The molecule has 0 saturated heterocycles. The number of nitrogens with one attached hydrogen (secondary N) is 3. The third kappa shape index (κ3) is 4.84. The van der Waals surface area contributed by atoms with Gasteiger partial charge in [-0.15, -0.1) is 0 Å². The number of nitrogens with zero attached hydrogens (tertiary/aromatic N) is 4. The topological polar surface area (TPSA) is 107 Å². The van der Waals surface area contributed by atoms with Crippen molar-refractivity contribution in [2.45, 2.75) is 18.6 Å². The highest BCUT2D eigenvalue weighted by atomic mass is 15.4. The van der Waals surface area contributed by atoms with Gasteiger partial charge < -0.3 is 20.5 Å². The third-order valence-electron chi connectivity index (χ3n) is 4.93. The van der Waals surface area contributed by atoms with E-state index in [0.717, 1.165) is 35.5 Å². The summed E-state index contributed by atoms with van der Waals surface area (Å²) in [6.45, 7) is 1.61. The van der Waals surface area contributed by atoms with Crippen molar-refractivity contribution in [2.75, 3.05) is 27.2 Å². The zero-order valence-electron chi connectivity index (χ0n) is 17.4. The second-order valence-corrected chi connectivity index (χ2v) is 7.74. The van der Waals surface area contributed by atoms with Crippen molar-refractivity contribution in [3.8, 4) is 0 Å². The Kier molecular flexibility index (Phi) is 5.78. The second kappa shape index (κ2) is 8.64. The lowest BCUT2D eigenvalue weighted by molar-refractivity contribution is 0.371. The van der Waals surface area contributed by atoms with Crippen LogP contribution in [0.1, 0.15) is 17.8 Å². The summed E-state index contributed by atoms with van der Waals surface area (Å²) in [6, 6.07) is 18.0. The van der Waals surface area contributed by atoms with E-state index in [1.807, 2.05) is 68.7 Å². The van der Waals surface area contributed by atoms with Gasteiger partial charge in [-0.05, 0) is 26.2 Å². The zero-order valence-corrected chi connectivity index (χ0v) is 17.4. The maximum absolute atomic E-state index is 6.68. The van der Waals surface area contributed by atoms with Crippen LogP contribution in [0.25, 0.3) is 11.0 Å². The summed E-state index contributed by atoms with van der Waals surface area (Å²) < 4.78 is 0. The minimum Gasteiger partial charge on any atom is -0.353 e. The van der Waals surface area contributed by atoms with Crippen molar-refractivity contribution in [2.24, 2.45) is 15.7 Å². The maximum Gasteiger partial charge on any atom is 0.223 e. The first-order chi connectivity index (χ1) is 14.5. The molecule has 0 aliphatic carbocycles. The van der Waals surface area contributed by atoms with Crippen LogP contribution in [0, 0.1) is 0 Å². The quantitative estimate of drug-likeness (QED) is 0.479. The summed E-state index contributed by atoms with van der Waals surface area (Å²) in [5, 5.41) is 6.63. The monoisotopic (exact) mass is 404 g/mol. The van der Waals surface area contributed by atoms with Gasteiger partial charge >= 0.3 is 0 Å². The maximum atomic E-state index is 6.68. The number of benzene rings is 2. The van der Waals surface area contributed by atoms with Crippen LogP contribution in [-0.2, 0) is 6.42 Å². The molecule has 0 bridgehead atoms. The van der Waals surface area contributed by atoms with Gasteiger partial charge in [-0.3, -0.25) is 5.73 Å². The smallest absolute Gasteiger partial charge is 0.223 e. The summed E-state index contributed by atoms with van der Waals surface area (Å²) in [5.41, 5.74) is 9.63. The Morgan fingerprint density at radius 3 is 2.60 bits per heavy atom. The highest BCUT2D eigenvalue weighted by Crippen LogP contribution is 2.17. The molecule has 1 aromatic heterocycles. The van der Waals surface area contributed by atoms with Gasteiger partial charge in [0.1, 0.15) is 11.7 Å². The average molecular weight is 405 g/mol. The Morgan fingerprint density at radius 1 is 1.07 bits per heavy atom. The first kappa shape index (κ1) is 20.1. The first-order valence-electron chi connectivity index (χ1n) is 10.1.